The van der Waals surface area contributed by atoms with Gasteiger partial charge in [0.05, 0.1) is 19.3 Å². The maximum Gasteiger partial charge on any atom is 0.420 e. The minimum atomic E-state index is -4.99. The lowest BCUT2D eigenvalue weighted by atomic mass is 9.73. The summed E-state index contributed by atoms with van der Waals surface area (Å²) in [5.41, 5.74) is -2.20. The average molecular weight is 459 g/mol. The van der Waals surface area contributed by atoms with Gasteiger partial charge < -0.3 is 9.47 Å². The van der Waals surface area contributed by atoms with Crippen LogP contribution < -0.4 is 4.74 Å². The molecule has 3 nitrogen and oxygen atoms in total. The Morgan fingerprint density at radius 3 is 2.31 bits per heavy atom. The van der Waals surface area contributed by atoms with Crippen LogP contribution in [0.25, 0.3) is 0 Å². The lowest BCUT2D eigenvalue weighted by Gasteiger charge is -2.37. The minimum absolute atomic E-state index is 0.0266. The van der Waals surface area contributed by atoms with Gasteiger partial charge in [0.1, 0.15) is 5.56 Å². The summed E-state index contributed by atoms with van der Waals surface area (Å²) in [6, 6.07) is 2.10. The van der Waals surface area contributed by atoms with Crippen LogP contribution in [0.2, 0.25) is 0 Å². The molecule has 1 heterocycles. The van der Waals surface area contributed by atoms with E-state index in [1.165, 1.54) is 38.5 Å². The highest BCUT2D eigenvalue weighted by Gasteiger charge is 2.41. The number of ether oxygens (including phenoxy) is 2. The van der Waals surface area contributed by atoms with Gasteiger partial charge in [-0.1, -0.05) is 32.6 Å². The third-order valence-corrected chi connectivity index (χ3v) is 7.06. The van der Waals surface area contributed by atoms with Crippen LogP contribution in [0.3, 0.4) is 0 Å². The van der Waals surface area contributed by atoms with Crippen molar-refractivity contribution in [1.29, 1.82) is 0 Å². The van der Waals surface area contributed by atoms with E-state index in [0.29, 0.717) is 24.9 Å². The normalized spacial score (nSPS) is 26.7. The Morgan fingerprint density at radius 2 is 1.75 bits per heavy atom. The van der Waals surface area contributed by atoms with Crippen molar-refractivity contribution in [2.24, 2.45) is 17.8 Å². The first kappa shape index (κ1) is 25.0. The molecule has 32 heavy (non-hydrogen) atoms. The summed E-state index contributed by atoms with van der Waals surface area (Å²) in [4.78, 5) is 12.7. The van der Waals surface area contributed by atoms with Crippen molar-refractivity contribution < 1.29 is 31.8 Å². The summed E-state index contributed by atoms with van der Waals surface area (Å²) in [5, 5.41) is 0. The molecule has 1 saturated heterocycles. The molecule has 1 aromatic rings. The summed E-state index contributed by atoms with van der Waals surface area (Å²) in [5.74, 6) is -0.851. The van der Waals surface area contributed by atoms with Crippen LogP contribution in [0.15, 0.2) is 12.1 Å². The highest BCUT2D eigenvalue weighted by atomic mass is 19.4. The van der Waals surface area contributed by atoms with E-state index in [1.807, 2.05) is 0 Å². The molecule has 2 atom stereocenters. The summed E-state index contributed by atoms with van der Waals surface area (Å²) in [7, 11) is 0. The van der Waals surface area contributed by atoms with Crippen LogP contribution in [-0.2, 0) is 10.9 Å². The first-order chi connectivity index (χ1) is 15.2. The number of Topliss-reactive ketones (excluding diaryl/α,β-unsaturated/α-hetero) is 1. The first-order valence-corrected chi connectivity index (χ1v) is 11.9. The molecule has 1 aliphatic carbocycles. The molecule has 0 aromatic heterocycles. The van der Waals surface area contributed by atoms with Crippen LogP contribution in [0.4, 0.5) is 17.6 Å². The van der Waals surface area contributed by atoms with E-state index in [0.717, 1.165) is 24.5 Å². The van der Waals surface area contributed by atoms with Gasteiger partial charge in [0.15, 0.2) is 17.3 Å². The predicted molar refractivity (Wildman–Crippen MR) is 114 cm³/mol. The number of hydrogen-bond donors (Lipinski definition) is 0. The highest BCUT2D eigenvalue weighted by molar-refractivity contribution is 5.98. The third-order valence-electron chi connectivity index (χ3n) is 7.06. The minimum Gasteiger partial charge on any atom is -0.491 e. The van der Waals surface area contributed by atoms with Gasteiger partial charge in [-0.05, 0) is 62.5 Å². The third kappa shape index (κ3) is 6.03. The second-order valence-corrected chi connectivity index (χ2v) is 9.22. The topological polar surface area (TPSA) is 35.5 Å². The van der Waals surface area contributed by atoms with Crippen LogP contribution in [-0.4, -0.2) is 25.1 Å². The number of rotatable bonds is 8. The predicted octanol–water partition coefficient (Wildman–Crippen LogP) is 7.22. The number of carbonyl (C=O) groups is 1. The Morgan fingerprint density at radius 1 is 1.06 bits per heavy atom. The molecule has 0 radical (unpaired) electrons. The number of carbonyl (C=O) groups excluding carboxylic acids is 1. The molecule has 1 saturated carbocycles. The van der Waals surface area contributed by atoms with E-state index < -0.39 is 40.8 Å². The molecule has 2 unspecified atom stereocenters. The number of halogens is 4. The summed E-state index contributed by atoms with van der Waals surface area (Å²) < 4.78 is 65.9. The zero-order chi connectivity index (χ0) is 23.3. The molecule has 0 amide bonds. The van der Waals surface area contributed by atoms with Crippen molar-refractivity contribution >= 4 is 5.78 Å². The van der Waals surface area contributed by atoms with Gasteiger partial charge >= 0.3 is 6.18 Å². The van der Waals surface area contributed by atoms with Crippen molar-refractivity contribution in [3.05, 3.63) is 29.1 Å². The molecule has 180 valence electrons. The van der Waals surface area contributed by atoms with Crippen LogP contribution in [0, 0.1) is 23.6 Å². The fourth-order valence-electron chi connectivity index (χ4n) is 5.37. The Balaban J connectivity index is 1.59. The molecule has 0 N–H and O–H groups in total. The lowest BCUT2D eigenvalue weighted by molar-refractivity contribution is -0.140. The first-order valence-electron chi connectivity index (χ1n) is 11.9. The Kier molecular flexibility index (Phi) is 8.59. The highest BCUT2D eigenvalue weighted by Crippen LogP contribution is 2.41. The molecule has 1 aliphatic heterocycles. The van der Waals surface area contributed by atoms with Gasteiger partial charge in [-0.25, -0.2) is 4.39 Å². The fraction of sp³-hybridized carbons (Fsp3) is 0.720. The second-order valence-electron chi connectivity index (χ2n) is 9.22. The maximum absolute atomic E-state index is 14.5. The van der Waals surface area contributed by atoms with Crippen LogP contribution >= 0.6 is 0 Å². The van der Waals surface area contributed by atoms with Crippen LogP contribution in [0.1, 0.15) is 87.6 Å². The number of alkyl halides is 3. The molecule has 7 heteroatoms. The summed E-state index contributed by atoms with van der Waals surface area (Å²) >= 11 is 0. The van der Waals surface area contributed by atoms with Gasteiger partial charge in [-0.3, -0.25) is 4.79 Å². The van der Waals surface area contributed by atoms with Crippen molar-refractivity contribution in [2.75, 3.05) is 13.2 Å². The van der Waals surface area contributed by atoms with Crippen molar-refractivity contribution in [3.63, 3.8) is 0 Å². The Hall–Kier alpha value is -1.63. The van der Waals surface area contributed by atoms with E-state index >= 15 is 0 Å². The standard InChI is InChI=1S/C25H34F4O3/c1-3-5-16-6-8-17(9-7-16)18-10-11-19(32-15-18)14-21(30)20-12-13-22(31-4-2)24(26)23(20)25(27,28)29/h12-13,16-19H,3-11,14-15H2,1-2H3. The largest absolute Gasteiger partial charge is 0.491 e. The van der Waals surface area contributed by atoms with E-state index in [1.54, 1.807) is 6.92 Å². The Labute approximate surface area is 187 Å². The molecular weight excluding hydrogens is 424 g/mol. The lowest BCUT2D eigenvalue weighted by Crippen LogP contribution is -2.33. The molecule has 1 aromatic carbocycles. The summed E-state index contributed by atoms with van der Waals surface area (Å²) in [6.07, 6.45) is 3.45. The molecule has 0 spiro atoms. The van der Waals surface area contributed by atoms with Crippen LogP contribution in [0.5, 0.6) is 5.75 Å². The van der Waals surface area contributed by atoms with Crippen molar-refractivity contribution in [2.45, 2.75) is 83.9 Å². The molecule has 2 fully saturated rings. The van der Waals surface area contributed by atoms with E-state index in [2.05, 4.69) is 6.92 Å². The molecular formula is C25H34F4O3. The van der Waals surface area contributed by atoms with Gasteiger partial charge in [0.2, 0.25) is 0 Å². The second kappa shape index (κ2) is 11.0. The number of benzene rings is 1. The maximum atomic E-state index is 14.5. The molecule has 3 rings (SSSR count). The number of hydrogen-bond acceptors (Lipinski definition) is 3. The SMILES string of the molecule is CCCC1CCC(C2CCC(CC(=O)c3ccc(OCC)c(F)c3C(F)(F)F)OC2)CC1. The van der Waals surface area contributed by atoms with E-state index in [4.69, 9.17) is 9.47 Å². The monoisotopic (exact) mass is 458 g/mol. The van der Waals surface area contributed by atoms with Gasteiger partial charge in [0.25, 0.3) is 0 Å². The van der Waals surface area contributed by atoms with E-state index in [9.17, 15) is 22.4 Å². The van der Waals surface area contributed by atoms with E-state index in [-0.39, 0.29) is 13.0 Å². The quantitative estimate of drug-likeness (QED) is 0.305. The van der Waals surface area contributed by atoms with Crippen molar-refractivity contribution in [3.8, 4) is 5.75 Å². The summed E-state index contributed by atoms with van der Waals surface area (Å²) in [6.45, 7) is 4.35. The zero-order valence-corrected chi connectivity index (χ0v) is 19.0. The van der Waals surface area contributed by atoms with Gasteiger partial charge in [-0.15, -0.1) is 0 Å². The zero-order valence-electron chi connectivity index (χ0n) is 19.0. The van der Waals surface area contributed by atoms with Crippen molar-refractivity contribution in [1.82, 2.24) is 0 Å². The smallest absolute Gasteiger partial charge is 0.420 e. The molecule has 0 bridgehead atoms. The van der Waals surface area contributed by atoms with Gasteiger partial charge in [0, 0.05) is 12.0 Å². The number of ketones is 1. The molecule has 2 aliphatic rings. The van der Waals surface area contributed by atoms with Gasteiger partial charge in [-0.2, -0.15) is 13.2 Å². The average Bonchev–Trinajstić information content (AvgIpc) is 2.75. The fourth-order valence-corrected chi connectivity index (χ4v) is 5.37. The Bertz CT molecular complexity index is 761.